The lowest BCUT2D eigenvalue weighted by Crippen LogP contribution is -2.41. The van der Waals surface area contributed by atoms with Crippen molar-refractivity contribution in [3.63, 3.8) is 0 Å². The predicted octanol–water partition coefficient (Wildman–Crippen LogP) is 1.49. The van der Waals surface area contributed by atoms with Crippen molar-refractivity contribution in [3.8, 4) is 0 Å². The highest BCUT2D eigenvalue weighted by Crippen LogP contribution is 2.38. The van der Waals surface area contributed by atoms with E-state index in [1.807, 2.05) is 0 Å². The molecule has 18 heavy (non-hydrogen) atoms. The van der Waals surface area contributed by atoms with E-state index in [1.54, 1.807) is 0 Å². The van der Waals surface area contributed by atoms with Crippen molar-refractivity contribution >= 4 is 0 Å². The Balaban J connectivity index is 1.91. The first-order chi connectivity index (χ1) is 8.63. The molecule has 1 saturated carbocycles. The predicted molar refractivity (Wildman–Crippen MR) is 70.5 cm³/mol. The molecule has 0 spiro atoms. The number of nitrogens with two attached hydrogens (primary N) is 1. The first-order valence-corrected chi connectivity index (χ1v) is 7.09. The van der Waals surface area contributed by atoms with Crippen LogP contribution in [0.1, 0.15) is 55.4 Å². The number of rotatable bonds is 2. The smallest absolute Gasteiger partial charge is 0.106 e. The highest BCUT2D eigenvalue weighted by Gasteiger charge is 2.37. The third-order valence-corrected chi connectivity index (χ3v) is 4.64. The zero-order valence-corrected chi connectivity index (χ0v) is 11.2. The Kier molecular flexibility index (Phi) is 2.94. The second-order valence-corrected chi connectivity index (χ2v) is 6.05. The molecule has 0 radical (unpaired) electrons. The number of aliphatic hydroxyl groups excluding tert-OH is 1. The van der Waals surface area contributed by atoms with Gasteiger partial charge in [-0.15, -0.1) is 0 Å². The molecule has 1 aromatic heterocycles. The lowest BCUT2D eigenvalue weighted by Gasteiger charge is -2.23. The summed E-state index contributed by atoms with van der Waals surface area (Å²) in [4.78, 5) is 4.73. The van der Waals surface area contributed by atoms with Crippen molar-refractivity contribution in [2.75, 3.05) is 6.61 Å². The van der Waals surface area contributed by atoms with Gasteiger partial charge in [0.1, 0.15) is 5.82 Å². The van der Waals surface area contributed by atoms with Crippen LogP contribution in [0.15, 0.2) is 0 Å². The average molecular weight is 249 g/mol. The van der Waals surface area contributed by atoms with Gasteiger partial charge < -0.3 is 15.4 Å². The third-order valence-electron chi connectivity index (χ3n) is 4.64. The molecule has 2 unspecified atom stereocenters. The van der Waals surface area contributed by atoms with Crippen LogP contribution in [0, 0.1) is 6.92 Å². The van der Waals surface area contributed by atoms with Crippen molar-refractivity contribution in [3.05, 3.63) is 17.2 Å². The van der Waals surface area contributed by atoms with Gasteiger partial charge in [0.2, 0.25) is 0 Å². The Morgan fingerprint density at radius 3 is 2.94 bits per heavy atom. The van der Waals surface area contributed by atoms with Crippen LogP contribution < -0.4 is 5.73 Å². The molecule has 0 aromatic carbocycles. The minimum atomic E-state index is -0.372. The van der Waals surface area contributed by atoms with Crippen LogP contribution in [0.25, 0.3) is 0 Å². The highest BCUT2D eigenvalue weighted by molar-refractivity contribution is 5.21. The molecule has 0 aliphatic heterocycles. The maximum atomic E-state index is 9.40. The van der Waals surface area contributed by atoms with Gasteiger partial charge in [-0.3, -0.25) is 0 Å². The second kappa shape index (κ2) is 4.35. The van der Waals surface area contributed by atoms with E-state index in [4.69, 9.17) is 10.7 Å². The molecule has 1 heterocycles. The lowest BCUT2D eigenvalue weighted by molar-refractivity contribution is 0.195. The molecule has 4 nitrogen and oxygen atoms in total. The summed E-state index contributed by atoms with van der Waals surface area (Å²) in [5.41, 5.74) is 8.56. The summed E-state index contributed by atoms with van der Waals surface area (Å²) in [6.45, 7) is 2.20. The fourth-order valence-corrected chi connectivity index (χ4v) is 3.67. The highest BCUT2D eigenvalue weighted by atomic mass is 16.3. The van der Waals surface area contributed by atoms with Crippen molar-refractivity contribution in [2.24, 2.45) is 5.73 Å². The first-order valence-electron chi connectivity index (χ1n) is 7.09. The molecule has 4 heteroatoms. The van der Waals surface area contributed by atoms with Crippen LogP contribution in [0.3, 0.4) is 0 Å². The summed E-state index contributed by atoms with van der Waals surface area (Å²) in [5.74, 6) is 1.13. The first kappa shape index (κ1) is 12.2. The van der Waals surface area contributed by atoms with E-state index in [2.05, 4.69) is 11.5 Å². The van der Waals surface area contributed by atoms with Crippen LogP contribution in [-0.4, -0.2) is 26.8 Å². The third kappa shape index (κ3) is 1.88. The molecule has 2 atom stereocenters. The number of nitrogens with zero attached hydrogens (tertiary/aromatic N) is 2. The molecule has 2 aliphatic rings. The van der Waals surface area contributed by atoms with Crippen molar-refractivity contribution < 1.29 is 5.11 Å². The molecule has 1 fully saturated rings. The molecule has 0 bridgehead atoms. The van der Waals surface area contributed by atoms with Gasteiger partial charge >= 0.3 is 0 Å². The Bertz CT molecular complexity index is 454. The zero-order valence-electron chi connectivity index (χ0n) is 11.2. The molecule has 100 valence electrons. The minimum Gasteiger partial charge on any atom is -0.394 e. The summed E-state index contributed by atoms with van der Waals surface area (Å²) >= 11 is 0. The topological polar surface area (TPSA) is 64.1 Å². The largest absolute Gasteiger partial charge is 0.394 e. The Labute approximate surface area is 108 Å². The summed E-state index contributed by atoms with van der Waals surface area (Å²) in [5, 5.41) is 9.40. The van der Waals surface area contributed by atoms with Gasteiger partial charge in [0.05, 0.1) is 12.3 Å². The molecule has 3 N–H and O–H groups in total. The van der Waals surface area contributed by atoms with E-state index >= 15 is 0 Å². The van der Waals surface area contributed by atoms with Crippen LogP contribution >= 0.6 is 0 Å². The quantitative estimate of drug-likeness (QED) is 0.834. The van der Waals surface area contributed by atoms with Crippen LogP contribution in [0.2, 0.25) is 0 Å². The molecule has 1 aromatic rings. The molecular weight excluding hydrogens is 226 g/mol. The minimum absolute atomic E-state index is 0.0967. The van der Waals surface area contributed by atoms with Gasteiger partial charge in [-0.1, -0.05) is 0 Å². The molecule has 0 amide bonds. The fourth-order valence-electron chi connectivity index (χ4n) is 3.67. The van der Waals surface area contributed by atoms with E-state index in [9.17, 15) is 5.11 Å². The van der Waals surface area contributed by atoms with Gasteiger partial charge in [0.25, 0.3) is 0 Å². The van der Waals surface area contributed by atoms with E-state index in [0.29, 0.717) is 6.04 Å². The van der Waals surface area contributed by atoms with Crippen molar-refractivity contribution in [2.45, 2.75) is 63.5 Å². The Morgan fingerprint density at radius 1 is 1.44 bits per heavy atom. The van der Waals surface area contributed by atoms with Crippen molar-refractivity contribution in [1.82, 2.24) is 9.55 Å². The lowest BCUT2D eigenvalue weighted by atomic mass is 9.99. The molecule has 2 aliphatic carbocycles. The summed E-state index contributed by atoms with van der Waals surface area (Å²) in [6.07, 6.45) is 7.70. The standard InChI is InChI=1S/C14H23N3O/c1-10-16-12-4-2-3-5-13(12)17(10)11-6-7-14(15,8-11)9-18/h11,18H,2-9,15H2,1H3. The normalized spacial score (nSPS) is 31.6. The van der Waals surface area contributed by atoms with Gasteiger partial charge in [0.15, 0.2) is 0 Å². The summed E-state index contributed by atoms with van der Waals surface area (Å²) < 4.78 is 2.42. The number of aromatic nitrogens is 2. The van der Waals surface area contributed by atoms with Crippen LogP contribution in [0.4, 0.5) is 0 Å². The second-order valence-electron chi connectivity index (χ2n) is 6.05. The van der Waals surface area contributed by atoms with E-state index in [1.165, 1.54) is 24.2 Å². The van der Waals surface area contributed by atoms with Gasteiger partial charge in [-0.2, -0.15) is 0 Å². The number of hydrogen-bond donors (Lipinski definition) is 2. The van der Waals surface area contributed by atoms with Gasteiger partial charge in [0, 0.05) is 17.3 Å². The van der Waals surface area contributed by atoms with Crippen LogP contribution in [-0.2, 0) is 12.8 Å². The summed E-state index contributed by atoms with van der Waals surface area (Å²) in [6, 6.07) is 0.441. The number of fused-ring (bicyclic) bond motifs is 1. The summed E-state index contributed by atoms with van der Waals surface area (Å²) in [7, 11) is 0. The van der Waals surface area contributed by atoms with E-state index < -0.39 is 0 Å². The maximum Gasteiger partial charge on any atom is 0.106 e. The van der Waals surface area contributed by atoms with E-state index in [-0.39, 0.29) is 12.1 Å². The SMILES string of the molecule is Cc1nc2c(n1C1CCC(N)(CO)C1)CCCC2. The van der Waals surface area contributed by atoms with Gasteiger partial charge in [-0.25, -0.2) is 4.98 Å². The number of aryl methyl sites for hydroxylation is 2. The zero-order chi connectivity index (χ0) is 12.8. The maximum absolute atomic E-state index is 9.40. The Morgan fingerprint density at radius 2 is 2.22 bits per heavy atom. The number of hydrogen-bond acceptors (Lipinski definition) is 3. The number of imidazole rings is 1. The molecule has 0 saturated heterocycles. The van der Waals surface area contributed by atoms with Gasteiger partial charge in [-0.05, 0) is 51.9 Å². The van der Waals surface area contributed by atoms with Crippen molar-refractivity contribution in [1.29, 1.82) is 0 Å². The monoisotopic (exact) mass is 249 g/mol. The number of aliphatic hydroxyl groups is 1. The average Bonchev–Trinajstić information content (AvgIpc) is 2.89. The fraction of sp³-hybridized carbons (Fsp3) is 0.786. The van der Waals surface area contributed by atoms with E-state index in [0.717, 1.165) is 37.9 Å². The molecule has 3 rings (SSSR count). The Hall–Kier alpha value is -0.870. The molecular formula is C14H23N3O. The van der Waals surface area contributed by atoms with Crippen LogP contribution in [0.5, 0.6) is 0 Å².